The molecule has 0 aliphatic rings. The van der Waals surface area contributed by atoms with Crippen LogP contribution in [-0.4, -0.2) is 30.5 Å². The van der Waals surface area contributed by atoms with Gasteiger partial charge < -0.3 is 4.74 Å². The van der Waals surface area contributed by atoms with E-state index in [-0.39, 0.29) is 12.4 Å². The number of halogens is 2. The van der Waals surface area contributed by atoms with Crippen molar-refractivity contribution in [2.24, 2.45) is 0 Å². The van der Waals surface area contributed by atoms with Crippen molar-refractivity contribution in [2.45, 2.75) is 13.5 Å². The topological polar surface area (TPSA) is 12.5 Å². The number of alkyl halides is 1. The van der Waals surface area contributed by atoms with Crippen molar-refractivity contribution in [3.05, 3.63) is 65.7 Å². The molecule has 4 heteroatoms. The minimum Gasteiger partial charge on any atom is -0.492 e. The number of para-hydroxylation sites is 1. The van der Waals surface area contributed by atoms with Crippen LogP contribution in [0.1, 0.15) is 11.1 Å². The Bertz CT molecular complexity index is 534. The van der Waals surface area contributed by atoms with Crippen LogP contribution in [0, 0.1) is 6.92 Å². The largest absolute Gasteiger partial charge is 0.492 e. The van der Waals surface area contributed by atoms with Crippen molar-refractivity contribution >= 4 is 24.0 Å². The lowest BCUT2D eigenvalue weighted by Crippen LogP contribution is -2.30. The quantitative estimate of drug-likeness (QED) is 0.655. The van der Waals surface area contributed by atoms with Crippen LogP contribution in [0.2, 0.25) is 0 Å². The van der Waals surface area contributed by atoms with Crippen LogP contribution < -0.4 is 4.74 Å². The fourth-order valence-corrected chi connectivity index (χ4v) is 2.47. The molecule has 0 saturated heterocycles. The molecule has 2 nitrogen and oxygen atoms in total. The normalized spacial score (nSPS) is 10.3. The molecule has 2 rings (SSSR count). The molecule has 0 atom stereocenters. The molecule has 0 heterocycles. The number of hydrogen-bond donors (Lipinski definition) is 0. The van der Waals surface area contributed by atoms with Gasteiger partial charge in [0.25, 0.3) is 0 Å². The van der Waals surface area contributed by atoms with Gasteiger partial charge in [-0.15, -0.1) is 24.0 Å². The summed E-state index contributed by atoms with van der Waals surface area (Å²) in [5, 5.41) is 0. The lowest BCUT2D eigenvalue weighted by Gasteiger charge is -2.21. The first-order valence-electron chi connectivity index (χ1n) is 7.30. The van der Waals surface area contributed by atoms with Crippen LogP contribution in [0.5, 0.6) is 5.75 Å². The number of rotatable bonds is 8. The van der Waals surface area contributed by atoms with Gasteiger partial charge in [-0.25, -0.2) is 0 Å². The van der Waals surface area contributed by atoms with Crippen molar-refractivity contribution in [3.63, 3.8) is 0 Å². The third kappa shape index (κ3) is 6.27. The molecule has 0 saturated carbocycles. The number of aryl methyl sites for hydroxylation is 1. The number of benzene rings is 2. The van der Waals surface area contributed by atoms with Crippen molar-refractivity contribution in [1.82, 2.24) is 4.90 Å². The summed E-state index contributed by atoms with van der Waals surface area (Å²) in [7, 11) is 0. The van der Waals surface area contributed by atoms with E-state index >= 15 is 0 Å². The fraction of sp³-hybridized carbons (Fsp3) is 0.333. The zero-order valence-electron chi connectivity index (χ0n) is 12.9. The van der Waals surface area contributed by atoms with E-state index in [0.29, 0.717) is 12.5 Å². The van der Waals surface area contributed by atoms with E-state index in [0.717, 1.165) is 25.4 Å². The highest BCUT2D eigenvalue weighted by molar-refractivity contribution is 6.18. The van der Waals surface area contributed by atoms with Crippen molar-refractivity contribution in [2.75, 3.05) is 25.6 Å². The maximum atomic E-state index is 5.90. The Morgan fingerprint density at radius 1 is 0.955 bits per heavy atom. The maximum Gasteiger partial charge on any atom is 0.122 e. The van der Waals surface area contributed by atoms with Gasteiger partial charge in [-0.3, -0.25) is 4.90 Å². The Morgan fingerprint density at radius 2 is 1.64 bits per heavy atom. The molecule has 0 fully saturated rings. The highest BCUT2D eigenvalue weighted by Gasteiger charge is 2.06. The summed E-state index contributed by atoms with van der Waals surface area (Å²) in [5.74, 6) is 1.60. The highest BCUT2D eigenvalue weighted by atomic mass is 35.5. The summed E-state index contributed by atoms with van der Waals surface area (Å²) in [4.78, 5) is 2.32. The van der Waals surface area contributed by atoms with E-state index in [1.165, 1.54) is 11.1 Å². The van der Waals surface area contributed by atoms with E-state index in [4.69, 9.17) is 16.3 Å². The van der Waals surface area contributed by atoms with Crippen LogP contribution in [0.4, 0.5) is 0 Å². The molecule has 0 radical (unpaired) electrons. The average molecular weight is 340 g/mol. The van der Waals surface area contributed by atoms with Gasteiger partial charge in [-0.05, 0) is 24.1 Å². The van der Waals surface area contributed by atoms with Crippen molar-refractivity contribution in [3.8, 4) is 5.75 Å². The summed E-state index contributed by atoms with van der Waals surface area (Å²) in [6.07, 6.45) is 0. The molecule has 0 bridgehead atoms. The minimum atomic E-state index is 0. The second-order valence-corrected chi connectivity index (χ2v) is 5.44. The van der Waals surface area contributed by atoms with Gasteiger partial charge >= 0.3 is 0 Å². The highest BCUT2D eigenvalue weighted by Crippen LogP contribution is 2.16. The van der Waals surface area contributed by atoms with E-state index in [2.05, 4.69) is 42.2 Å². The van der Waals surface area contributed by atoms with Crippen LogP contribution in [0.15, 0.2) is 54.6 Å². The van der Waals surface area contributed by atoms with E-state index in [9.17, 15) is 0 Å². The molecule has 0 aliphatic carbocycles. The number of ether oxygens (including phenoxy) is 1. The van der Waals surface area contributed by atoms with E-state index in [1.807, 2.05) is 24.3 Å². The van der Waals surface area contributed by atoms with Crippen LogP contribution in [-0.2, 0) is 6.54 Å². The Labute approximate surface area is 144 Å². The maximum absolute atomic E-state index is 5.90. The summed E-state index contributed by atoms with van der Waals surface area (Å²) in [6, 6.07) is 18.6. The van der Waals surface area contributed by atoms with Gasteiger partial charge in [0.1, 0.15) is 12.4 Å². The average Bonchev–Trinajstić information content (AvgIpc) is 2.50. The monoisotopic (exact) mass is 339 g/mol. The lowest BCUT2D eigenvalue weighted by molar-refractivity contribution is 0.210. The molecule has 22 heavy (non-hydrogen) atoms. The minimum absolute atomic E-state index is 0. The van der Waals surface area contributed by atoms with Gasteiger partial charge in [-0.1, -0.05) is 48.5 Å². The summed E-state index contributed by atoms with van der Waals surface area (Å²) >= 11 is 5.90. The van der Waals surface area contributed by atoms with Crippen molar-refractivity contribution in [1.29, 1.82) is 0 Å². The molecule has 0 N–H and O–H groups in total. The second kappa shape index (κ2) is 10.5. The second-order valence-electron chi connectivity index (χ2n) is 5.06. The van der Waals surface area contributed by atoms with Gasteiger partial charge in [0.15, 0.2) is 0 Å². The lowest BCUT2D eigenvalue weighted by atomic mass is 10.2. The van der Waals surface area contributed by atoms with Gasteiger partial charge in [0.05, 0.1) is 0 Å². The van der Waals surface area contributed by atoms with Crippen LogP contribution >= 0.6 is 24.0 Å². The molecule has 0 unspecified atom stereocenters. The third-order valence-electron chi connectivity index (χ3n) is 3.41. The van der Waals surface area contributed by atoms with Crippen molar-refractivity contribution < 1.29 is 4.74 Å². The first kappa shape index (κ1) is 18.8. The molecule has 2 aromatic carbocycles. The molecule has 0 amide bonds. The zero-order valence-corrected chi connectivity index (χ0v) is 14.4. The van der Waals surface area contributed by atoms with E-state index < -0.39 is 0 Å². The first-order valence-corrected chi connectivity index (χ1v) is 7.83. The van der Waals surface area contributed by atoms with Gasteiger partial charge in [0, 0.05) is 25.5 Å². The molecular weight excluding hydrogens is 317 g/mol. The Morgan fingerprint density at radius 3 is 2.32 bits per heavy atom. The third-order valence-corrected chi connectivity index (χ3v) is 3.58. The predicted octanol–water partition coefficient (Wildman–Crippen LogP) is 4.54. The van der Waals surface area contributed by atoms with Crippen LogP contribution in [0.25, 0.3) is 0 Å². The molecule has 0 aromatic heterocycles. The molecule has 120 valence electrons. The first-order chi connectivity index (χ1) is 10.3. The Hall–Kier alpha value is -1.22. The van der Waals surface area contributed by atoms with Gasteiger partial charge in [0.2, 0.25) is 0 Å². The molecule has 0 aliphatic heterocycles. The SMILES string of the molecule is Cc1ccccc1OCCN(CCCl)Cc1ccccc1.Cl. The Balaban J connectivity index is 0.00000242. The number of nitrogens with zero attached hydrogens (tertiary/aromatic N) is 1. The zero-order chi connectivity index (χ0) is 14.9. The summed E-state index contributed by atoms with van der Waals surface area (Å²) in [5.41, 5.74) is 2.47. The molecule has 2 aromatic rings. The summed E-state index contributed by atoms with van der Waals surface area (Å²) in [6.45, 7) is 5.39. The van der Waals surface area contributed by atoms with Gasteiger partial charge in [-0.2, -0.15) is 0 Å². The Kier molecular flexibility index (Phi) is 8.98. The fourth-order valence-electron chi connectivity index (χ4n) is 2.23. The van der Waals surface area contributed by atoms with Crippen LogP contribution in [0.3, 0.4) is 0 Å². The summed E-state index contributed by atoms with van der Waals surface area (Å²) < 4.78 is 5.87. The smallest absolute Gasteiger partial charge is 0.122 e. The standard InChI is InChI=1S/C18H22ClNO.ClH/c1-16-7-5-6-10-18(16)21-14-13-20(12-11-19)15-17-8-3-2-4-9-17;/h2-10H,11-15H2,1H3;1H. The predicted molar refractivity (Wildman–Crippen MR) is 96.4 cm³/mol. The number of hydrogen-bond acceptors (Lipinski definition) is 2. The molecule has 0 spiro atoms. The van der Waals surface area contributed by atoms with E-state index in [1.54, 1.807) is 0 Å². The molecular formula is C18H23Cl2NO.